The van der Waals surface area contributed by atoms with Crippen molar-refractivity contribution in [2.45, 2.75) is 52.2 Å². The minimum absolute atomic E-state index is 0.756. The van der Waals surface area contributed by atoms with E-state index < -0.39 is 0 Å². The molecule has 0 saturated heterocycles. The number of hydrogen-bond donors (Lipinski definition) is 1. The Morgan fingerprint density at radius 1 is 1.53 bits per heavy atom. The van der Waals surface area contributed by atoms with Gasteiger partial charge in [0.1, 0.15) is 5.82 Å². The molecule has 1 aromatic rings. The number of aryl methyl sites for hydroxylation is 1. The first-order valence-corrected chi connectivity index (χ1v) is 6.08. The summed E-state index contributed by atoms with van der Waals surface area (Å²) >= 11 is 0. The smallest absolute Gasteiger partial charge is 0.122 e. The molecule has 3 heteroatoms. The lowest BCUT2D eigenvalue weighted by atomic mass is 10.2. The van der Waals surface area contributed by atoms with Crippen LogP contribution in [-0.2, 0) is 13.1 Å². The van der Waals surface area contributed by atoms with Crippen LogP contribution in [0.3, 0.4) is 0 Å². The third-order valence-corrected chi connectivity index (χ3v) is 3.25. The van der Waals surface area contributed by atoms with E-state index in [1.165, 1.54) is 25.1 Å². The molecule has 15 heavy (non-hydrogen) atoms. The van der Waals surface area contributed by atoms with E-state index in [0.717, 1.165) is 25.0 Å². The van der Waals surface area contributed by atoms with Crippen LogP contribution >= 0.6 is 0 Å². The fourth-order valence-electron chi connectivity index (χ4n) is 2.20. The van der Waals surface area contributed by atoms with Gasteiger partial charge < -0.3 is 9.88 Å². The van der Waals surface area contributed by atoms with Gasteiger partial charge in [0.15, 0.2) is 0 Å². The fraction of sp³-hybridized carbons (Fsp3) is 0.750. The van der Waals surface area contributed by atoms with Gasteiger partial charge in [-0.15, -0.1) is 0 Å². The molecule has 0 bridgehead atoms. The molecule has 0 radical (unpaired) electrons. The van der Waals surface area contributed by atoms with Crippen molar-refractivity contribution >= 4 is 0 Å². The molecular formula is C12H21N3. The Labute approximate surface area is 91.9 Å². The molecule has 1 fully saturated rings. The van der Waals surface area contributed by atoms with Crippen molar-refractivity contribution in [3.05, 3.63) is 18.2 Å². The molecule has 1 aliphatic carbocycles. The van der Waals surface area contributed by atoms with Crippen molar-refractivity contribution in [2.24, 2.45) is 5.92 Å². The largest absolute Gasteiger partial charge is 0.334 e. The van der Waals surface area contributed by atoms with Crippen molar-refractivity contribution < 1.29 is 0 Å². The van der Waals surface area contributed by atoms with Crippen LogP contribution in [0.2, 0.25) is 0 Å². The second-order valence-electron chi connectivity index (χ2n) is 4.40. The van der Waals surface area contributed by atoms with E-state index in [9.17, 15) is 0 Å². The van der Waals surface area contributed by atoms with E-state index >= 15 is 0 Å². The fourth-order valence-corrected chi connectivity index (χ4v) is 2.20. The highest BCUT2D eigenvalue weighted by atomic mass is 15.1. The molecule has 1 heterocycles. The van der Waals surface area contributed by atoms with Crippen LogP contribution in [0, 0.1) is 5.92 Å². The maximum atomic E-state index is 4.36. The maximum absolute atomic E-state index is 4.36. The zero-order chi connectivity index (χ0) is 10.7. The molecule has 0 amide bonds. The Morgan fingerprint density at radius 2 is 2.40 bits per heavy atom. The summed E-state index contributed by atoms with van der Waals surface area (Å²) in [7, 11) is 0. The van der Waals surface area contributed by atoms with Gasteiger partial charge in [0.2, 0.25) is 0 Å². The second kappa shape index (κ2) is 4.79. The zero-order valence-corrected chi connectivity index (χ0v) is 9.74. The van der Waals surface area contributed by atoms with Crippen molar-refractivity contribution in [1.82, 2.24) is 14.9 Å². The van der Waals surface area contributed by atoms with E-state index in [-0.39, 0.29) is 0 Å². The summed E-state index contributed by atoms with van der Waals surface area (Å²) in [5.41, 5.74) is 0. The summed E-state index contributed by atoms with van der Waals surface area (Å²) < 4.78 is 2.20. The van der Waals surface area contributed by atoms with Gasteiger partial charge in [0.05, 0.1) is 6.54 Å². The Morgan fingerprint density at radius 3 is 3.13 bits per heavy atom. The van der Waals surface area contributed by atoms with Gasteiger partial charge in [-0.25, -0.2) is 4.98 Å². The molecule has 2 unspecified atom stereocenters. The van der Waals surface area contributed by atoms with Gasteiger partial charge in [-0.05, 0) is 25.7 Å². The number of nitrogens with zero attached hydrogens (tertiary/aromatic N) is 2. The molecule has 1 aromatic heterocycles. The molecule has 84 valence electrons. The van der Waals surface area contributed by atoms with Crippen LogP contribution < -0.4 is 5.32 Å². The van der Waals surface area contributed by atoms with Crippen LogP contribution in [0.5, 0.6) is 0 Å². The summed E-state index contributed by atoms with van der Waals surface area (Å²) in [6, 6.07) is 0.756. The second-order valence-corrected chi connectivity index (χ2v) is 4.40. The predicted octanol–water partition coefficient (Wildman–Crippen LogP) is 2.18. The molecule has 1 N–H and O–H groups in total. The molecule has 1 saturated carbocycles. The number of rotatable bonds is 6. The van der Waals surface area contributed by atoms with Gasteiger partial charge in [-0.2, -0.15) is 0 Å². The lowest BCUT2D eigenvalue weighted by Crippen LogP contribution is -2.20. The first-order chi connectivity index (χ1) is 7.35. The standard InChI is InChI=1S/C12H21N3/c1-3-5-10-8-11(10)14-9-12-13-6-7-15(12)4-2/h6-7,10-11,14H,3-5,8-9H2,1-2H3. The number of nitrogens with one attached hydrogen (secondary N) is 1. The first-order valence-electron chi connectivity index (χ1n) is 6.08. The summed E-state index contributed by atoms with van der Waals surface area (Å²) in [6.07, 6.45) is 7.98. The molecule has 3 nitrogen and oxygen atoms in total. The van der Waals surface area contributed by atoms with Crippen LogP contribution in [0.1, 0.15) is 38.9 Å². The van der Waals surface area contributed by atoms with E-state index in [1.807, 2.05) is 12.4 Å². The average Bonchev–Trinajstić information content (AvgIpc) is 2.82. The monoisotopic (exact) mass is 207 g/mol. The highest BCUT2D eigenvalue weighted by Gasteiger charge is 2.35. The van der Waals surface area contributed by atoms with E-state index in [1.54, 1.807) is 0 Å². The van der Waals surface area contributed by atoms with E-state index in [2.05, 4.69) is 28.7 Å². The van der Waals surface area contributed by atoms with E-state index in [4.69, 9.17) is 0 Å². The van der Waals surface area contributed by atoms with Crippen LogP contribution in [-0.4, -0.2) is 15.6 Å². The lowest BCUT2D eigenvalue weighted by Gasteiger charge is -2.06. The summed E-state index contributed by atoms with van der Waals surface area (Å²) in [5, 5.41) is 3.59. The van der Waals surface area contributed by atoms with Gasteiger partial charge in [0, 0.05) is 25.0 Å². The number of aromatic nitrogens is 2. The van der Waals surface area contributed by atoms with Crippen LogP contribution in [0.15, 0.2) is 12.4 Å². The summed E-state index contributed by atoms with van der Waals surface area (Å²) in [5.74, 6) is 2.10. The van der Waals surface area contributed by atoms with Crippen molar-refractivity contribution in [3.63, 3.8) is 0 Å². The first kappa shape index (κ1) is 10.7. The van der Waals surface area contributed by atoms with Crippen molar-refractivity contribution in [1.29, 1.82) is 0 Å². The topological polar surface area (TPSA) is 29.9 Å². The van der Waals surface area contributed by atoms with Gasteiger partial charge in [-0.1, -0.05) is 13.3 Å². The molecule has 0 spiro atoms. The Bertz CT molecular complexity index is 306. The van der Waals surface area contributed by atoms with Gasteiger partial charge in [-0.3, -0.25) is 0 Å². The normalized spacial score (nSPS) is 24.4. The third kappa shape index (κ3) is 2.59. The lowest BCUT2D eigenvalue weighted by molar-refractivity contribution is 0.567. The minimum Gasteiger partial charge on any atom is -0.334 e. The molecule has 2 rings (SSSR count). The molecular weight excluding hydrogens is 186 g/mol. The molecule has 1 aliphatic rings. The van der Waals surface area contributed by atoms with Gasteiger partial charge >= 0.3 is 0 Å². The van der Waals surface area contributed by atoms with Gasteiger partial charge in [0.25, 0.3) is 0 Å². The highest BCUT2D eigenvalue weighted by molar-refractivity contribution is 4.97. The number of hydrogen-bond acceptors (Lipinski definition) is 2. The highest BCUT2D eigenvalue weighted by Crippen LogP contribution is 2.34. The SMILES string of the molecule is CCCC1CC1NCc1nccn1CC. The molecule has 0 aromatic carbocycles. The number of imidazole rings is 1. The zero-order valence-electron chi connectivity index (χ0n) is 9.74. The van der Waals surface area contributed by atoms with E-state index in [0.29, 0.717) is 0 Å². The van der Waals surface area contributed by atoms with Crippen LogP contribution in [0.25, 0.3) is 0 Å². The average molecular weight is 207 g/mol. The summed E-state index contributed by atoms with van der Waals surface area (Å²) in [4.78, 5) is 4.36. The van der Waals surface area contributed by atoms with Crippen molar-refractivity contribution in [3.8, 4) is 0 Å². The Balaban J connectivity index is 1.75. The minimum atomic E-state index is 0.756. The maximum Gasteiger partial charge on any atom is 0.122 e. The quantitative estimate of drug-likeness (QED) is 0.775. The molecule has 2 atom stereocenters. The predicted molar refractivity (Wildman–Crippen MR) is 61.5 cm³/mol. The van der Waals surface area contributed by atoms with Crippen molar-refractivity contribution in [2.75, 3.05) is 0 Å². The Kier molecular flexibility index (Phi) is 3.41. The summed E-state index contributed by atoms with van der Waals surface area (Å²) in [6.45, 7) is 6.35. The van der Waals surface area contributed by atoms with Crippen LogP contribution in [0.4, 0.5) is 0 Å². The molecule has 0 aliphatic heterocycles. The third-order valence-electron chi connectivity index (χ3n) is 3.25. The Hall–Kier alpha value is -0.830.